The third kappa shape index (κ3) is 3.34. The molecule has 0 bridgehead atoms. The lowest BCUT2D eigenvalue weighted by molar-refractivity contribution is 0.0940. The van der Waals surface area contributed by atoms with Gasteiger partial charge in [-0.3, -0.25) is 9.78 Å². The van der Waals surface area contributed by atoms with E-state index in [0.29, 0.717) is 36.8 Å². The maximum Gasteiger partial charge on any atom is 0.270 e. The predicted molar refractivity (Wildman–Crippen MR) is 99.7 cm³/mol. The van der Waals surface area contributed by atoms with Gasteiger partial charge in [-0.2, -0.15) is 0 Å². The molecular weight excluding hydrogens is 330 g/mol. The number of carbonyl (C=O) groups is 1. The van der Waals surface area contributed by atoms with Gasteiger partial charge in [0, 0.05) is 35.3 Å². The van der Waals surface area contributed by atoms with Gasteiger partial charge in [-0.05, 0) is 20.3 Å². The maximum atomic E-state index is 12.2. The van der Waals surface area contributed by atoms with Crippen molar-refractivity contribution in [3.05, 3.63) is 40.1 Å². The Hall–Kier alpha value is -2.70. The van der Waals surface area contributed by atoms with Gasteiger partial charge in [0.1, 0.15) is 23.1 Å². The lowest BCUT2D eigenvalue weighted by Crippen LogP contribution is -2.34. The summed E-state index contributed by atoms with van der Waals surface area (Å²) < 4.78 is 5.48. The predicted octanol–water partition coefficient (Wildman–Crippen LogP) is 2.52. The van der Waals surface area contributed by atoms with Crippen LogP contribution in [0, 0.1) is 13.8 Å². The maximum absolute atomic E-state index is 12.2. The molecule has 0 atom stereocenters. The van der Waals surface area contributed by atoms with Crippen LogP contribution in [0.4, 0.5) is 5.82 Å². The molecule has 0 aromatic carbocycles. The van der Waals surface area contributed by atoms with Crippen LogP contribution in [0.25, 0.3) is 0 Å². The highest BCUT2D eigenvalue weighted by molar-refractivity contribution is 5.96. The molecule has 1 aliphatic heterocycles. The van der Waals surface area contributed by atoms with Gasteiger partial charge in [-0.15, -0.1) is 0 Å². The molecule has 0 fully saturated rings. The van der Waals surface area contributed by atoms with Crippen LogP contribution < -0.4 is 15.4 Å². The van der Waals surface area contributed by atoms with E-state index >= 15 is 0 Å². The largest absolute Gasteiger partial charge is 0.496 e. The zero-order valence-corrected chi connectivity index (χ0v) is 15.9. The fourth-order valence-electron chi connectivity index (χ4n) is 3.13. The number of rotatable bonds is 5. The Balaban J connectivity index is 1.94. The molecule has 0 aliphatic carbocycles. The van der Waals surface area contributed by atoms with Crippen LogP contribution in [0.2, 0.25) is 0 Å². The number of nitrogens with one attached hydrogen (secondary N) is 2. The summed E-state index contributed by atoms with van der Waals surface area (Å²) in [5.41, 5.74) is 4.25. The van der Waals surface area contributed by atoms with Gasteiger partial charge < -0.3 is 15.4 Å². The second-order valence-electron chi connectivity index (χ2n) is 6.82. The zero-order chi connectivity index (χ0) is 18.8. The number of aromatic nitrogens is 3. The summed E-state index contributed by atoms with van der Waals surface area (Å²) in [6.45, 7) is 9.11. The van der Waals surface area contributed by atoms with Crippen LogP contribution in [0.15, 0.2) is 6.20 Å². The highest BCUT2D eigenvalue weighted by Crippen LogP contribution is 2.26. The van der Waals surface area contributed by atoms with Crippen molar-refractivity contribution in [3.63, 3.8) is 0 Å². The molecule has 2 N–H and O–H groups in total. The number of amides is 1. The minimum Gasteiger partial charge on any atom is -0.496 e. The third-order valence-corrected chi connectivity index (χ3v) is 4.59. The summed E-state index contributed by atoms with van der Waals surface area (Å²) in [6, 6.07) is 0. The number of nitrogens with zero attached hydrogens (tertiary/aromatic N) is 3. The van der Waals surface area contributed by atoms with Crippen molar-refractivity contribution >= 4 is 11.7 Å². The summed E-state index contributed by atoms with van der Waals surface area (Å²) in [5.74, 6) is 2.23. The highest BCUT2D eigenvalue weighted by Gasteiger charge is 2.24. The Morgan fingerprint density at radius 2 is 2.08 bits per heavy atom. The number of ether oxygens (including phenoxy) is 1. The highest BCUT2D eigenvalue weighted by atomic mass is 16.5. The van der Waals surface area contributed by atoms with Crippen molar-refractivity contribution in [1.29, 1.82) is 0 Å². The van der Waals surface area contributed by atoms with E-state index in [-0.39, 0.29) is 11.8 Å². The third-order valence-electron chi connectivity index (χ3n) is 4.59. The van der Waals surface area contributed by atoms with Gasteiger partial charge in [0.05, 0.1) is 19.3 Å². The normalized spacial score (nSPS) is 13.4. The van der Waals surface area contributed by atoms with Gasteiger partial charge in [0.2, 0.25) is 0 Å². The van der Waals surface area contributed by atoms with E-state index in [0.717, 1.165) is 28.1 Å². The SMILES string of the molecule is COc1c(C)cnc(CNc2nc(C(C)C)nc3c2CCNC3=O)c1C. The van der Waals surface area contributed by atoms with Crippen LogP contribution in [-0.2, 0) is 13.0 Å². The number of hydrogen-bond acceptors (Lipinski definition) is 6. The van der Waals surface area contributed by atoms with E-state index in [9.17, 15) is 4.79 Å². The number of fused-ring (bicyclic) bond motifs is 1. The topological polar surface area (TPSA) is 89.0 Å². The molecule has 0 radical (unpaired) electrons. The van der Waals surface area contributed by atoms with Gasteiger partial charge in [0.15, 0.2) is 0 Å². The molecule has 0 saturated heterocycles. The standard InChI is InChI=1S/C19H25N5O2/c1-10(2)17-23-15-13(6-7-20-19(15)25)18(24-17)22-9-14-12(4)16(26-5)11(3)8-21-14/h8,10H,6-7,9H2,1-5H3,(H,20,25)(H,22,23,24). The van der Waals surface area contributed by atoms with Crippen molar-refractivity contribution < 1.29 is 9.53 Å². The van der Waals surface area contributed by atoms with Gasteiger partial charge in [-0.25, -0.2) is 9.97 Å². The van der Waals surface area contributed by atoms with Crippen molar-refractivity contribution in [3.8, 4) is 5.75 Å². The van der Waals surface area contributed by atoms with Crippen LogP contribution in [-0.4, -0.2) is 34.5 Å². The molecule has 0 unspecified atom stereocenters. The second kappa shape index (κ2) is 7.27. The van der Waals surface area contributed by atoms with E-state index in [1.54, 1.807) is 7.11 Å². The molecular formula is C19H25N5O2. The molecule has 7 heteroatoms. The molecule has 138 valence electrons. The summed E-state index contributed by atoms with van der Waals surface area (Å²) in [5, 5.41) is 6.22. The number of anilines is 1. The van der Waals surface area contributed by atoms with E-state index < -0.39 is 0 Å². The Labute approximate surface area is 153 Å². The first-order valence-corrected chi connectivity index (χ1v) is 8.84. The first kappa shape index (κ1) is 18.1. The van der Waals surface area contributed by atoms with Crippen molar-refractivity contribution in [2.24, 2.45) is 0 Å². The molecule has 1 aliphatic rings. The first-order chi connectivity index (χ1) is 12.4. The lowest BCUT2D eigenvalue weighted by atomic mass is 10.0. The monoisotopic (exact) mass is 355 g/mol. The van der Waals surface area contributed by atoms with Crippen LogP contribution in [0.3, 0.4) is 0 Å². The first-order valence-electron chi connectivity index (χ1n) is 8.84. The Bertz CT molecular complexity index is 848. The van der Waals surface area contributed by atoms with Crippen LogP contribution in [0.1, 0.15) is 58.5 Å². The molecule has 3 heterocycles. The molecule has 7 nitrogen and oxygen atoms in total. The average Bonchev–Trinajstić information content (AvgIpc) is 2.61. The fraction of sp³-hybridized carbons (Fsp3) is 0.474. The quantitative estimate of drug-likeness (QED) is 0.857. The molecule has 26 heavy (non-hydrogen) atoms. The van der Waals surface area contributed by atoms with Gasteiger partial charge in [-0.1, -0.05) is 13.8 Å². The number of pyridine rings is 1. The minimum absolute atomic E-state index is 0.134. The van der Waals surface area contributed by atoms with Crippen LogP contribution in [0.5, 0.6) is 5.75 Å². The number of hydrogen-bond donors (Lipinski definition) is 2. The van der Waals surface area contributed by atoms with E-state index in [1.807, 2.05) is 33.9 Å². The van der Waals surface area contributed by atoms with Crippen molar-refractivity contribution in [2.75, 3.05) is 19.0 Å². The van der Waals surface area contributed by atoms with Gasteiger partial charge >= 0.3 is 0 Å². The smallest absolute Gasteiger partial charge is 0.270 e. The lowest BCUT2D eigenvalue weighted by Gasteiger charge is -2.21. The summed E-state index contributed by atoms with van der Waals surface area (Å²) in [7, 11) is 1.67. The molecule has 3 rings (SSSR count). The van der Waals surface area contributed by atoms with Crippen molar-refractivity contribution in [1.82, 2.24) is 20.3 Å². The van der Waals surface area contributed by atoms with Gasteiger partial charge in [0.25, 0.3) is 5.91 Å². The summed E-state index contributed by atoms with van der Waals surface area (Å²) in [6.07, 6.45) is 2.52. The average molecular weight is 355 g/mol. The molecule has 2 aromatic heterocycles. The van der Waals surface area contributed by atoms with E-state index in [4.69, 9.17) is 4.74 Å². The Kier molecular flexibility index (Phi) is 5.06. The molecule has 1 amide bonds. The summed E-state index contributed by atoms with van der Waals surface area (Å²) >= 11 is 0. The van der Waals surface area contributed by atoms with E-state index in [2.05, 4.69) is 25.6 Å². The second-order valence-corrected chi connectivity index (χ2v) is 6.82. The number of methoxy groups -OCH3 is 1. The van der Waals surface area contributed by atoms with Crippen LogP contribution >= 0.6 is 0 Å². The Morgan fingerprint density at radius 1 is 1.31 bits per heavy atom. The molecule has 2 aromatic rings. The van der Waals surface area contributed by atoms with E-state index in [1.165, 1.54) is 0 Å². The number of carbonyl (C=O) groups excluding carboxylic acids is 1. The molecule has 0 saturated carbocycles. The fourth-order valence-corrected chi connectivity index (χ4v) is 3.13. The van der Waals surface area contributed by atoms with Crippen molar-refractivity contribution in [2.45, 2.75) is 46.6 Å². The zero-order valence-electron chi connectivity index (χ0n) is 15.9. The number of aryl methyl sites for hydroxylation is 1. The minimum atomic E-state index is -0.134. The summed E-state index contributed by atoms with van der Waals surface area (Å²) in [4.78, 5) is 25.9. The molecule has 0 spiro atoms. The Morgan fingerprint density at radius 3 is 2.77 bits per heavy atom.